The lowest BCUT2D eigenvalue weighted by Gasteiger charge is -2.36. The molecule has 32 heavy (non-hydrogen) atoms. The molecular weight excluding hydrogens is 456 g/mol. The SMILES string of the molecule is CCCCS(=O)(=O)N1CCN(C(=O)CC2CCN(S(=O)(=O)c3c(C)noc3C)CC2)CC1. The third kappa shape index (κ3) is 5.52. The van der Waals surface area contributed by atoms with Gasteiger partial charge in [0.1, 0.15) is 10.6 Å². The van der Waals surface area contributed by atoms with Crippen LogP contribution in [0.2, 0.25) is 0 Å². The van der Waals surface area contributed by atoms with Crippen LogP contribution < -0.4 is 0 Å². The van der Waals surface area contributed by atoms with Crippen LogP contribution in [0, 0.1) is 19.8 Å². The monoisotopic (exact) mass is 490 g/mol. The normalized spacial score (nSPS) is 20.0. The summed E-state index contributed by atoms with van der Waals surface area (Å²) in [5.74, 6) is 0.579. The summed E-state index contributed by atoms with van der Waals surface area (Å²) in [6.45, 7) is 7.37. The summed E-state index contributed by atoms with van der Waals surface area (Å²) in [5, 5.41) is 3.75. The summed E-state index contributed by atoms with van der Waals surface area (Å²) in [6.07, 6.45) is 3.06. The number of hydrogen-bond acceptors (Lipinski definition) is 7. The van der Waals surface area contributed by atoms with Crippen molar-refractivity contribution in [2.75, 3.05) is 45.0 Å². The molecule has 0 saturated carbocycles. The first-order chi connectivity index (χ1) is 15.1. The highest BCUT2D eigenvalue weighted by Gasteiger charge is 2.35. The number of amides is 1. The second-order valence-electron chi connectivity index (χ2n) is 8.65. The number of aryl methyl sites for hydroxylation is 2. The fraction of sp³-hybridized carbons (Fsp3) is 0.800. The van der Waals surface area contributed by atoms with Gasteiger partial charge in [0, 0.05) is 45.7 Å². The molecule has 10 nitrogen and oxygen atoms in total. The molecule has 2 aliphatic heterocycles. The van der Waals surface area contributed by atoms with E-state index in [2.05, 4.69) is 5.16 Å². The molecule has 0 aromatic carbocycles. The Bertz CT molecular complexity index is 985. The van der Waals surface area contributed by atoms with Gasteiger partial charge in [0.25, 0.3) is 0 Å². The van der Waals surface area contributed by atoms with Gasteiger partial charge < -0.3 is 9.42 Å². The molecule has 2 aliphatic rings. The van der Waals surface area contributed by atoms with Crippen LogP contribution in [0.5, 0.6) is 0 Å². The van der Waals surface area contributed by atoms with Gasteiger partial charge in [-0.25, -0.2) is 16.8 Å². The first-order valence-corrected chi connectivity index (χ1v) is 14.3. The Kier molecular flexibility index (Phi) is 8.00. The minimum absolute atomic E-state index is 0.0163. The van der Waals surface area contributed by atoms with Crippen molar-refractivity contribution in [1.82, 2.24) is 18.7 Å². The van der Waals surface area contributed by atoms with Gasteiger partial charge in [-0.3, -0.25) is 4.79 Å². The van der Waals surface area contributed by atoms with E-state index in [0.717, 1.165) is 6.42 Å². The average Bonchev–Trinajstić information content (AvgIpc) is 3.11. The van der Waals surface area contributed by atoms with Gasteiger partial charge in [-0.2, -0.15) is 8.61 Å². The Morgan fingerprint density at radius 2 is 1.62 bits per heavy atom. The Morgan fingerprint density at radius 3 is 2.16 bits per heavy atom. The fourth-order valence-corrected chi connectivity index (χ4v) is 7.77. The van der Waals surface area contributed by atoms with Crippen LogP contribution >= 0.6 is 0 Å². The van der Waals surface area contributed by atoms with Crippen LogP contribution in [0.15, 0.2) is 9.42 Å². The van der Waals surface area contributed by atoms with E-state index in [4.69, 9.17) is 4.52 Å². The van der Waals surface area contributed by atoms with E-state index in [1.54, 1.807) is 18.7 Å². The van der Waals surface area contributed by atoms with Gasteiger partial charge in [-0.15, -0.1) is 0 Å². The molecule has 3 heterocycles. The molecule has 182 valence electrons. The topological polar surface area (TPSA) is 121 Å². The fourth-order valence-electron chi connectivity index (χ4n) is 4.37. The minimum atomic E-state index is -3.66. The molecule has 1 aromatic rings. The van der Waals surface area contributed by atoms with E-state index in [0.29, 0.717) is 70.6 Å². The summed E-state index contributed by atoms with van der Waals surface area (Å²) >= 11 is 0. The number of carbonyl (C=O) groups is 1. The second-order valence-corrected chi connectivity index (χ2v) is 12.6. The van der Waals surface area contributed by atoms with Gasteiger partial charge >= 0.3 is 0 Å². The van der Waals surface area contributed by atoms with Crippen molar-refractivity contribution < 1.29 is 26.2 Å². The van der Waals surface area contributed by atoms with Crippen molar-refractivity contribution in [3.63, 3.8) is 0 Å². The highest BCUT2D eigenvalue weighted by molar-refractivity contribution is 7.89. The number of piperazine rings is 1. The predicted octanol–water partition coefficient (Wildman–Crippen LogP) is 1.36. The van der Waals surface area contributed by atoms with Crippen LogP contribution in [0.25, 0.3) is 0 Å². The van der Waals surface area contributed by atoms with E-state index < -0.39 is 20.0 Å². The molecule has 2 fully saturated rings. The third-order valence-electron chi connectivity index (χ3n) is 6.34. The van der Waals surface area contributed by atoms with Crippen molar-refractivity contribution >= 4 is 26.0 Å². The van der Waals surface area contributed by atoms with Crippen molar-refractivity contribution in [3.05, 3.63) is 11.5 Å². The molecule has 0 bridgehead atoms. The van der Waals surface area contributed by atoms with Gasteiger partial charge in [0.05, 0.1) is 5.75 Å². The maximum Gasteiger partial charge on any atom is 0.248 e. The van der Waals surface area contributed by atoms with E-state index >= 15 is 0 Å². The molecule has 1 amide bonds. The Labute approximate surface area is 191 Å². The number of carbonyl (C=O) groups excluding carboxylic acids is 1. The van der Waals surface area contributed by atoms with Crippen LogP contribution in [-0.2, 0) is 24.8 Å². The average molecular weight is 491 g/mol. The number of rotatable bonds is 8. The Balaban J connectivity index is 1.48. The van der Waals surface area contributed by atoms with Crippen molar-refractivity contribution in [3.8, 4) is 0 Å². The van der Waals surface area contributed by atoms with Gasteiger partial charge in [0.15, 0.2) is 5.76 Å². The summed E-state index contributed by atoms with van der Waals surface area (Å²) in [5.41, 5.74) is 0.357. The first kappa shape index (κ1) is 25.1. The number of aromatic nitrogens is 1. The molecular formula is C20H34N4O6S2. The summed E-state index contributed by atoms with van der Waals surface area (Å²) in [7, 11) is -6.91. The standard InChI is InChI=1S/C20H34N4O6S2/c1-4-5-14-31(26,27)23-12-10-22(11-13-23)19(25)15-18-6-8-24(9-7-18)32(28,29)20-16(2)21-30-17(20)3/h18H,4-15H2,1-3H3. The zero-order chi connectivity index (χ0) is 23.5. The molecule has 0 spiro atoms. The molecule has 0 atom stereocenters. The van der Waals surface area contributed by atoms with Crippen LogP contribution in [0.1, 0.15) is 50.5 Å². The van der Waals surface area contributed by atoms with Gasteiger partial charge in [0.2, 0.25) is 26.0 Å². The number of piperidine rings is 1. The number of sulfonamides is 2. The molecule has 1 aromatic heterocycles. The molecule has 0 unspecified atom stereocenters. The predicted molar refractivity (Wildman–Crippen MR) is 119 cm³/mol. The highest BCUT2D eigenvalue weighted by atomic mass is 32.2. The number of hydrogen-bond donors (Lipinski definition) is 0. The molecule has 0 radical (unpaired) electrons. The van der Waals surface area contributed by atoms with Crippen molar-refractivity contribution in [2.24, 2.45) is 5.92 Å². The quantitative estimate of drug-likeness (QED) is 0.539. The molecule has 3 rings (SSSR count). The molecule has 0 aliphatic carbocycles. The number of nitrogens with zero attached hydrogens (tertiary/aromatic N) is 4. The second kappa shape index (κ2) is 10.2. The molecule has 12 heteroatoms. The molecule has 0 N–H and O–H groups in total. The van der Waals surface area contributed by atoms with Crippen LogP contribution in [0.3, 0.4) is 0 Å². The van der Waals surface area contributed by atoms with Gasteiger partial charge in [-0.05, 0) is 39.0 Å². The lowest BCUT2D eigenvalue weighted by Crippen LogP contribution is -2.51. The van der Waals surface area contributed by atoms with E-state index in [1.807, 2.05) is 6.92 Å². The maximum absolute atomic E-state index is 12.9. The smallest absolute Gasteiger partial charge is 0.248 e. The minimum Gasteiger partial charge on any atom is -0.360 e. The third-order valence-corrected chi connectivity index (χ3v) is 10.4. The number of unbranched alkanes of at least 4 members (excludes halogenated alkanes) is 1. The van der Waals surface area contributed by atoms with Crippen molar-refractivity contribution in [1.29, 1.82) is 0 Å². The zero-order valence-electron chi connectivity index (χ0n) is 19.1. The van der Waals surface area contributed by atoms with E-state index in [9.17, 15) is 21.6 Å². The lowest BCUT2D eigenvalue weighted by atomic mass is 9.94. The summed E-state index contributed by atoms with van der Waals surface area (Å²) in [6, 6.07) is 0. The lowest BCUT2D eigenvalue weighted by molar-refractivity contribution is -0.133. The van der Waals surface area contributed by atoms with Crippen LogP contribution in [-0.4, -0.2) is 86.4 Å². The first-order valence-electron chi connectivity index (χ1n) is 11.2. The molecule has 2 saturated heterocycles. The zero-order valence-corrected chi connectivity index (χ0v) is 20.8. The largest absolute Gasteiger partial charge is 0.360 e. The maximum atomic E-state index is 12.9. The van der Waals surface area contributed by atoms with E-state index in [1.165, 1.54) is 8.61 Å². The highest BCUT2D eigenvalue weighted by Crippen LogP contribution is 2.29. The van der Waals surface area contributed by atoms with E-state index in [-0.39, 0.29) is 28.2 Å². The van der Waals surface area contributed by atoms with Crippen molar-refractivity contribution in [2.45, 2.75) is 57.8 Å². The Hall–Kier alpha value is -1.50. The van der Waals surface area contributed by atoms with Gasteiger partial charge in [-0.1, -0.05) is 18.5 Å². The summed E-state index contributed by atoms with van der Waals surface area (Å²) in [4.78, 5) is 14.6. The summed E-state index contributed by atoms with van der Waals surface area (Å²) < 4.78 is 58.5. The van der Waals surface area contributed by atoms with Crippen LogP contribution in [0.4, 0.5) is 0 Å². The Morgan fingerprint density at radius 1 is 1.00 bits per heavy atom.